The molecule has 0 radical (unpaired) electrons. The van der Waals surface area contributed by atoms with E-state index < -0.39 is 0 Å². The summed E-state index contributed by atoms with van der Waals surface area (Å²) in [5, 5.41) is 8.29. The van der Waals surface area contributed by atoms with Gasteiger partial charge < -0.3 is 10.8 Å². The van der Waals surface area contributed by atoms with Gasteiger partial charge in [-0.3, -0.25) is 0 Å². The Hall–Kier alpha value is -0.340. The van der Waals surface area contributed by atoms with Gasteiger partial charge >= 0.3 is 0 Å². The third kappa shape index (κ3) is 3.49. The van der Waals surface area contributed by atoms with E-state index in [-0.39, 0.29) is 12.6 Å². The third-order valence-corrected chi connectivity index (χ3v) is 0.704. The molecule has 0 aromatic carbocycles. The van der Waals surface area contributed by atoms with Crippen molar-refractivity contribution >= 4 is 0 Å². The quantitative estimate of drug-likeness (QED) is 0.487. The summed E-state index contributed by atoms with van der Waals surface area (Å²) in [6.07, 6.45) is 2.39. The normalized spacial score (nSPS) is 13.4. The average molecular weight is 101 g/mol. The first-order chi connectivity index (χ1) is 3.31. The summed E-state index contributed by atoms with van der Waals surface area (Å²) in [6, 6.07) is -0.113. The van der Waals surface area contributed by atoms with Gasteiger partial charge in [0, 0.05) is 6.04 Å². The van der Waals surface area contributed by atoms with Crippen LogP contribution in [0.15, 0.2) is 12.7 Å². The van der Waals surface area contributed by atoms with Crippen molar-refractivity contribution in [2.75, 3.05) is 6.61 Å². The molecule has 0 fully saturated rings. The second-order valence-corrected chi connectivity index (χ2v) is 1.47. The zero-order valence-electron chi connectivity index (χ0n) is 4.30. The van der Waals surface area contributed by atoms with Crippen LogP contribution in [0.3, 0.4) is 0 Å². The summed E-state index contributed by atoms with van der Waals surface area (Å²) in [5.74, 6) is 0. The van der Waals surface area contributed by atoms with Crippen LogP contribution in [0.5, 0.6) is 0 Å². The summed E-state index contributed by atoms with van der Waals surface area (Å²) < 4.78 is 0. The second-order valence-electron chi connectivity index (χ2n) is 1.47. The minimum absolute atomic E-state index is 0.0476. The zero-order valence-corrected chi connectivity index (χ0v) is 4.30. The van der Waals surface area contributed by atoms with E-state index in [1.54, 1.807) is 6.08 Å². The number of hydrogen-bond acceptors (Lipinski definition) is 2. The summed E-state index contributed by atoms with van der Waals surface area (Å²) >= 11 is 0. The molecule has 0 aliphatic carbocycles. The van der Waals surface area contributed by atoms with Crippen molar-refractivity contribution in [3.8, 4) is 0 Å². The Morgan fingerprint density at radius 3 is 2.57 bits per heavy atom. The monoisotopic (exact) mass is 101 g/mol. The van der Waals surface area contributed by atoms with E-state index in [1.165, 1.54) is 0 Å². The summed E-state index contributed by atoms with van der Waals surface area (Å²) in [5.41, 5.74) is 5.26. The zero-order chi connectivity index (χ0) is 5.70. The molecule has 0 spiro atoms. The molecule has 2 heteroatoms. The maximum atomic E-state index is 8.29. The van der Waals surface area contributed by atoms with Crippen molar-refractivity contribution in [1.82, 2.24) is 0 Å². The Balaban J connectivity index is 2.98. The SMILES string of the molecule is C=CC[C@@H](N)CO. The highest BCUT2D eigenvalue weighted by atomic mass is 16.3. The predicted octanol–water partition coefficient (Wildman–Crippen LogP) is -0.118. The smallest absolute Gasteiger partial charge is 0.0585 e. The van der Waals surface area contributed by atoms with Crippen LogP contribution in [-0.2, 0) is 0 Å². The predicted molar refractivity (Wildman–Crippen MR) is 29.9 cm³/mol. The van der Waals surface area contributed by atoms with Gasteiger partial charge in [0.25, 0.3) is 0 Å². The lowest BCUT2D eigenvalue weighted by Gasteiger charge is -2.00. The van der Waals surface area contributed by atoms with Crippen molar-refractivity contribution in [1.29, 1.82) is 0 Å². The van der Waals surface area contributed by atoms with Gasteiger partial charge in [0.15, 0.2) is 0 Å². The number of rotatable bonds is 3. The van der Waals surface area contributed by atoms with Crippen LogP contribution in [0.4, 0.5) is 0 Å². The first-order valence-corrected chi connectivity index (χ1v) is 2.28. The molecule has 0 unspecified atom stereocenters. The van der Waals surface area contributed by atoms with Crippen LogP contribution in [0.25, 0.3) is 0 Å². The molecule has 0 aromatic heterocycles. The molecule has 7 heavy (non-hydrogen) atoms. The second kappa shape index (κ2) is 3.84. The molecule has 1 atom stereocenters. The number of aliphatic hydroxyl groups is 1. The lowest BCUT2D eigenvalue weighted by atomic mass is 10.2. The lowest BCUT2D eigenvalue weighted by molar-refractivity contribution is 0.266. The van der Waals surface area contributed by atoms with Crippen LogP contribution in [0.2, 0.25) is 0 Å². The molecular formula is C5H11NO. The standard InChI is InChI=1S/C5H11NO/c1-2-3-5(6)4-7/h2,5,7H,1,3-4,6H2/t5-/m1/s1. The van der Waals surface area contributed by atoms with Crippen LogP contribution in [0, 0.1) is 0 Å². The van der Waals surface area contributed by atoms with Crippen molar-refractivity contribution in [3.63, 3.8) is 0 Å². The van der Waals surface area contributed by atoms with E-state index in [9.17, 15) is 0 Å². The van der Waals surface area contributed by atoms with E-state index >= 15 is 0 Å². The van der Waals surface area contributed by atoms with Crippen LogP contribution >= 0.6 is 0 Å². The molecule has 0 saturated carbocycles. The molecule has 0 aliphatic rings. The Morgan fingerprint density at radius 2 is 2.43 bits per heavy atom. The van der Waals surface area contributed by atoms with Gasteiger partial charge in [-0.05, 0) is 6.42 Å². The van der Waals surface area contributed by atoms with Crippen molar-refractivity contribution in [2.45, 2.75) is 12.5 Å². The Kier molecular flexibility index (Phi) is 3.65. The Bertz CT molecular complexity index is 54.0. The molecule has 0 amide bonds. The molecule has 0 heterocycles. The number of nitrogens with two attached hydrogens (primary N) is 1. The Labute approximate surface area is 43.6 Å². The molecule has 42 valence electrons. The molecule has 0 rings (SSSR count). The Morgan fingerprint density at radius 1 is 1.86 bits per heavy atom. The van der Waals surface area contributed by atoms with Crippen LogP contribution < -0.4 is 5.73 Å². The molecule has 3 N–H and O–H groups in total. The fourth-order valence-electron chi connectivity index (χ4n) is 0.289. The molecule has 0 saturated heterocycles. The number of aliphatic hydroxyl groups excluding tert-OH is 1. The molecule has 0 aliphatic heterocycles. The minimum Gasteiger partial charge on any atom is -0.395 e. The highest BCUT2D eigenvalue weighted by Crippen LogP contribution is 1.83. The van der Waals surface area contributed by atoms with Crippen molar-refractivity contribution in [2.24, 2.45) is 5.73 Å². The van der Waals surface area contributed by atoms with E-state index in [0.29, 0.717) is 6.42 Å². The van der Waals surface area contributed by atoms with Gasteiger partial charge in [0.05, 0.1) is 6.61 Å². The molecule has 2 nitrogen and oxygen atoms in total. The van der Waals surface area contributed by atoms with Crippen LogP contribution in [-0.4, -0.2) is 17.8 Å². The number of hydrogen-bond donors (Lipinski definition) is 2. The maximum absolute atomic E-state index is 8.29. The topological polar surface area (TPSA) is 46.2 Å². The van der Waals surface area contributed by atoms with Gasteiger partial charge in [0.2, 0.25) is 0 Å². The van der Waals surface area contributed by atoms with Gasteiger partial charge in [-0.2, -0.15) is 0 Å². The molecule has 0 bridgehead atoms. The fraction of sp³-hybridized carbons (Fsp3) is 0.600. The van der Waals surface area contributed by atoms with Gasteiger partial charge in [-0.1, -0.05) is 6.08 Å². The summed E-state index contributed by atoms with van der Waals surface area (Å²) in [4.78, 5) is 0. The summed E-state index contributed by atoms with van der Waals surface area (Å²) in [7, 11) is 0. The van der Waals surface area contributed by atoms with Gasteiger partial charge in [-0.25, -0.2) is 0 Å². The first-order valence-electron chi connectivity index (χ1n) is 2.28. The largest absolute Gasteiger partial charge is 0.395 e. The minimum atomic E-state index is -0.113. The van der Waals surface area contributed by atoms with Crippen molar-refractivity contribution in [3.05, 3.63) is 12.7 Å². The summed E-state index contributed by atoms with van der Waals surface area (Å²) in [6.45, 7) is 3.51. The highest BCUT2D eigenvalue weighted by molar-refractivity contribution is 4.73. The molecular weight excluding hydrogens is 90.1 g/mol. The maximum Gasteiger partial charge on any atom is 0.0585 e. The van der Waals surface area contributed by atoms with Crippen molar-refractivity contribution < 1.29 is 5.11 Å². The van der Waals surface area contributed by atoms with Crippen LogP contribution in [0.1, 0.15) is 6.42 Å². The third-order valence-electron chi connectivity index (χ3n) is 0.704. The van der Waals surface area contributed by atoms with Gasteiger partial charge in [-0.15, -0.1) is 6.58 Å². The average Bonchev–Trinajstić information content (AvgIpc) is 1.68. The van der Waals surface area contributed by atoms with E-state index in [4.69, 9.17) is 10.8 Å². The first kappa shape index (κ1) is 6.66. The van der Waals surface area contributed by atoms with E-state index in [1.807, 2.05) is 0 Å². The highest BCUT2D eigenvalue weighted by Gasteiger charge is 1.92. The van der Waals surface area contributed by atoms with E-state index in [2.05, 4.69) is 6.58 Å². The molecule has 0 aromatic rings. The fourth-order valence-corrected chi connectivity index (χ4v) is 0.289. The lowest BCUT2D eigenvalue weighted by Crippen LogP contribution is -2.22. The van der Waals surface area contributed by atoms with Gasteiger partial charge in [0.1, 0.15) is 0 Å². The van der Waals surface area contributed by atoms with E-state index in [0.717, 1.165) is 0 Å².